The Morgan fingerprint density at radius 1 is 1.21 bits per heavy atom. The Morgan fingerprint density at radius 2 is 1.94 bits per heavy atom. The number of phenols is 1. The maximum atomic E-state index is 12.8. The number of H-pyrrole nitrogens is 1. The molecule has 1 amide bonds. The van der Waals surface area contributed by atoms with E-state index < -0.39 is 0 Å². The van der Waals surface area contributed by atoms with Crippen LogP contribution >= 0.6 is 0 Å². The molecule has 4 N–H and O–H groups in total. The van der Waals surface area contributed by atoms with E-state index in [1.54, 1.807) is 23.1 Å². The predicted octanol–water partition coefficient (Wildman–Crippen LogP) is 4.31. The third-order valence-electron chi connectivity index (χ3n) is 5.76. The first-order chi connectivity index (χ1) is 15.6. The van der Waals surface area contributed by atoms with Crippen molar-refractivity contribution in [2.75, 3.05) is 23.7 Å². The van der Waals surface area contributed by atoms with Gasteiger partial charge in [-0.3, -0.25) is 10.1 Å². The number of rotatable bonds is 6. The number of furan rings is 1. The third kappa shape index (κ3) is 4.59. The molecule has 1 atom stereocenters. The topological polar surface area (TPSA) is 130 Å². The minimum Gasteiger partial charge on any atom is -0.504 e. The van der Waals surface area contributed by atoms with Gasteiger partial charge in [0.2, 0.25) is 0 Å². The summed E-state index contributed by atoms with van der Waals surface area (Å²) in [6.45, 7) is 9.33. The monoisotopic (exact) mass is 456 g/mol. The number of carbonyl (C=O) groups excluding carboxylic acids is 1. The van der Waals surface area contributed by atoms with Crippen LogP contribution < -0.4 is 15.2 Å². The highest BCUT2D eigenvalue weighted by molar-refractivity contribution is 5.99. The maximum Gasteiger partial charge on any atom is 0.371 e. The zero-order valence-electron chi connectivity index (χ0n) is 19.3. The van der Waals surface area contributed by atoms with Crippen LogP contribution in [0, 0.1) is 17.2 Å². The average Bonchev–Trinajstić information content (AvgIpc) is 3.50. The fourth-order valence-corrected chi connectivity index (χ4v) is 3.98. The summed E-state index contributed by atoms with van der Waals surface area (Å²) in [6, 6.07) is 8.28. The number of carbonyl (C=O) groups is 1. The Bertz CT molecular complexity index is 1200. The van der Waals surface area contributed by atoms with Gasteiger partial charge >= 0.3 is 5.82 Å². The van der Waals surface area contributed by atoms with E-state index in [4.69, 9.17) is 9.05 Å². The van der Waals surface area contributed by atoms with Crippen molar-refractivity contribution in [3.05, 3.63) is 52.3 Å². The lowest BCUT2D eigenvalue weighted by Gasteiger charge is -2.29. The van der Waals surface area contributed by atoms with Crippen molar-refractivity contribution in [2.45, 2.75) is 46.6 Å². The molecule has 10 nitrogen and oxygen atoms in total. The number of nitrogens with one attached hydrogen (secondary N) is 3. The number of hydrogen-bond acceptors (Lipinski definition) is 7. The number of phenolic OH excluding ortho intramolecular Hbond substituents is 1. The summed E-state index contributed by atoms with van der Waals surface area (Å²) in [7, 11) is 0. The summed E-state index contributed by atoms with van der Waals surface area (Å²) < 4.78 is 11.0. The average molecular weight is 457 g/mol. The van der Waals surface area contributed by atoms with Crippen LogP contribution in [0.3, 0.4) is 0 Å². The van der Waals surface area contributed by atoms with E-state index in [0.717, 1.165) is 18.6 Å². The zero-order valence-corrected chi connectivity index (χ0v) is 19.3. The molecule has 1 aliphatic rings. The van der Waals surface area contributed by atoms with Crippen LogP contribution in [-0.2, 0) is 0 Å². The largest absolute Gasteiger partial charge is 0.504 e. The lowest BCUT2D eigenvalue weighted by Crippen LogP contribution is -2.28. The van der Waals surface area contributed by atoms with E-state index in [2.05, 4.69) is 15.8 Å². The molecule has 1 aliphatic heterocycles. The van der Waals surface area contributed by atoms with Crippen molar-refractivity contribution in [2.24, 2.45) is 5.41 Å². The van der Waals surface area contributed by atoms with Crippen LogP contribution in [0.15, 0.2) is 39.4 Å². The second kappa shape index (κ2) is 8.68. The van der Waals surface area contributed by atoms with Gasteiger partial charge in [-0.1, -0.05) is 32.0 Å². The Balaban J connectivity index is 1.63. The highest BCUT2D eigenvalue weighted by atomic mass is 16.7. The van der Waals surface area contributed by atoms with Gasteiger partial charge in [0.25, 0.3) is 11.7 Å². The number of benzene rings is 1. The third-order valence-corrected chi connectivity index (χ3v) is 5.76. The fraction of sp³-hybridized carbons (Fsp3) is 0.435. The molecule has 0 aliphatic carbocycles. The number of likely N-dealkylation sites (tertiary alicyclic amines) is 1. The summed E-state index contributed by atoms with van der Waals surface area (Å²) in [5.74, 6) is 1.30. The number of aryl methyl sites for hydroxylation is 1. The van der Waals surface area contributed by atoms with Gasteiger partial charge in [-0.15, -0.1) is 4.63 Å². The molecule has 3 heterocycles. The van der Waals surface area contributed by atoms with Gasteiger partial charge in [-0.2, -0.15) is 0 Å². The fourth-order valence-electron chi connectivity index (χ4n) is 3.98. The van der Waals surface area contributed by atoms with Crippen LogP contribution in [-0.4, -0.2) is 34.2 Å². The molecule has 0 saturated carbocycles. The molecule has 4 rings (SSSR count). The van der Waals surface area contributed by atoms with Crippen molar-refractivity contribution >= 4 is 23.2 Å². The SMILES string of the molecule is Cc1ccc([C@H](Nc2[nH]o[n+](=O)c2Nc2cccc(C(=O)N3CCCC3)c2O)C(C)(C)C)o1. The quantitative estimate of drug-likeness (QED) is 0.407. The molecule has 0 bridgehead atoms. The molecule has 33 heavy (non-hydrogen) atoms. The van der Waals surface area contributed by atoms with E-state index in [0.29, 0.717) is 18.8 Å². The van der Waals surface area contributed by atoms with Crippen LogP contribution in [0.2, 0.25) is 0 Å². The predicted molar refractivity (Wildman–Crippen MR) is 122 cm³/mol. The van der Waals surface area contributed by atoms with Crippen molar-refractivity contribution in [3.63, 3.8) is 0 Å². The summed E-state index contributed by atoms with van der Waals surface area (Å²) in [5, 5.41) is 19.5. The number of aromatic nitrogens is 2. The number of nitrogens with zero attached hydrogens (tertiary/aromatic N) is 2. The lowest BCUT2D eigenvalue weighted by molar-refractivity contribution is -0.701. The van der Waals surface area contributed by atoms with Crippen LogP contribution in [0.1, 0.15) is 61.5 Å². The van der Waals surface area contributed by atoms with Gasteiger partial charge in [-0.25, -0.2) is 0 Å². The molecule has 176 valence electrons. The minimum atomic E-state index is -0.294. The first-order valence-electron chi connectivity index (χ1n) is 11.0. The molecule has 1 saturated heterocycles. The van der Waals surface area contributed by atoms with Gasteiger partial charge in [0.1, 0.15) is 17.2 Å². The molecule has 0 unspecified atom stereocenters. The Labute approximate surface area is 191 Å². The second-order valence-corrected chi connectivity index (χ2v) is 9.39. The van der Waals surface area contributed by atoms with E-state index >= 15 is 0 Å². The molecular weight excluding hydrogens is 426 g/mol. The zero-order chi connectivity index (χ0) is 23.8. The van der Waals surface area contributed by atoms with Gasteiger partial charge in [0.15, 0.2) is 10.3 Å². The molecule has 10 heteroatoms. The van der Waals surface area contributed by atoms with Gasteiger partial charge in [-0.05, 0) is 54.4 Å². The summed E-state index contributed by atoms with van der Waals surface area (Å²) in [6.07, 6.45) is 1.90. The number of amides is 1. The Hall–Kier alpha value is -3.69. The van der Waals surface area contributed by atoms with Crippen molar-refractivity contribution in [1.29, 1.82) is 0 Å². The van der Waals surface area contributed by atoms with Crippen molar-refractivity contribution in [1.82, 2.24) is 10.1 Å². The molecule has 3 aromatic rings. The van der Waals surface area contributed by atoms with Gasteiger partial charge in [0.05, 0.1) is 11.6 Å². The molecular formula is C23H30N5O5+. The standard InChI is InChI=1S/C23H29N5O5/c1-14-10-11-17(32-14)19(23(2,3)4)25-20-21(28(31)33-26-20)24-16-9-7-8-15(18(16)29)22(30)27-12-5-6-13-27/h7-11,19,24H,5-6,12-13H2,1-4H3,(H2-,25,26,29,30,31)/p+1/t19-/m0/s1. The number of hydrogen-bond donors (Lipinski definition) is 4. The molecule has 1 aromatic carbocycles. The van der Waals surface area contributed by atoms with Gasteiger partial charge < -0.3 is 19.7 Å². The van der Waals surface area contributed by atoms with Crippen molar-refractivity contribution < 1.29 is 23.5 Å². The molecule has 0 spiro atoms. The highest BCUT2D eigenvalue weighted by Crippen LogP contribution is 2.38. The normalized spacial score (nSPS) is 15.0. The summed E-state index contributed by atoms with van der Waals surface area (Å²) in [5.41, 5.74) is 0.119. The van der Waals surface area contributed by atoms with E-state index in [1.807, 2.05) is 39.8 Å². The van der Waals surface area contributed by atoms with E-state index in [9.17, 15) is 14.8 Å². The minimum absolute atomic E-state index is 0.00796. The number of para-hydroxylation sites is 1. The van der Waals surface area contributed by atoms with E-state index in [1.165, 1.54) is 0 Å². The summed E-state index contributed by atoms with van der Waals surface area (Å²) >= 11 is 0. The van der Waals surface area contributed by atoms with Crippen molar-refractivity contribution in [3.8, 4) is 5.75 Å². The first kappa shape index (κ1) is 22.5. The maximum absolute atomic E-state index is 12.8. The Morgan fingerprint density at radius 3 is 2.58 bits per heavy atom. The van der Waals surface area contributed by atoms with Crippen LogP contribution in [0.25, 0.3) is 0 Å². The Kier molecular flexibility index (Phi) is 5.92. The molecule has 2 aromatic heterocycles. The molecule has 1 fully saturated rings. The van der Waals surface area contributed by atoms with E-state index in [-0.39, 0.29) is 50.6 Å². The van der Waals surface area contributed by atoms with Crippen LogP contribution in [0.4, 0.5) is 17.3 Å². The highest BCUT2D eigenvalue weighted by Gasteiger charge is 2.33. The summed E-state index contributed by atoms with van der Waals surface area (Å²) in [4.78, 5) is 26.9. The second-order valence-electron chi connectivity index (χ2n) is 9.39. The lowest BCUT2D eigenvalue weighted by atomic mass is 9.85. The van der Waals surface area contributed by atoms with Gasteiger partial charge in [0, 0.05) is 13.1 Å². The van der Waals surface area contributed by atoms with Crippen LogP contribution in [0.5, 0.6) is 5.75 Å². The molecule has 0 radical (unpaired) electrons. The number of aromatic amines is 1. The smallest absolute Gasteiger partial charge is 0.371 e. The number of aromatic hydroxyl groups is 1. The first-order valence-corrected chi connectivity index (χ1v) is 11.0. The number of anilines is 3.